The first-order chi connectivity index (χ1) is 19.0. The molecule has 0 unspecified atom stereocenters. The number of hydrogen-bond acceptors (Lipinski definition) is 7. The SMILES string of the molecule is CN1CC[C@H](Nc2cccc3c(CC(F)(F)F)c(C#CCNc4ccc(P(C)(C)=O)cc4S(C)(=O)=O)sc23)[C@H](F)C1. The number of piperidine rings is 1. The van der Waals surface area contributed by atoms with Gasteiger partial charge >= 0.3 is 6.18 Å². The minimum atomic E-state index is -4.46. The molecule has 0 bridgehead atoms. The molecule has 1 fully saturated rings. The van der Waals surface area contributed by atoms with E-state index in [4.69, 9.17) is 0 Å². The van der Waals surface area contributed by atoms with Gasteiger partial charge in [0.15, 0.2) is 9.84 Å². The number of alkyl halides is 4. The monoisotopic (exact) mass is 629 g/mol. The fourth-order valence-corrected chi connectivity index (χ4v) is 7.76. The van der Waals surface area contributed by atoms with Gasteiger partial charge in [-0.15, -0.1) is 11.3 Å². The van der Waals surface area contributed by atoms with E-state index in [1.165, 1.54) is 12.1 Å². The number of hydrogen-bond donors (Lipinski definition) is 2. The van der Waals surface area contributed by atoms with Gasteiger partial charge in [0.25, 0.3) is 0 Å². The molecule has 222 valence electrons. The lowest BCUT2D eigenvalue weighted by atomic mass is 10.0. The first-order valence-electron chi connectivity index (χ1n) is 12.9. The molecule has 4 rings (SSSR count). The highest BCUT2D eigenvalue weighted by atomic mass is 32.2. The van der Waals surface area contributed by atoms with Crippen LogP contribution in [0.15, 0.2) is 41.3 Å². The Balaban J connectivity index is 1.64. The van der Waals surface area contributed by atoms with Crippen LogP contribution in [0.4, 0.5) is 28.9 Å². The third-order valence-electron chi connectivity index (χ3n) is 6.84. The lowest BCUT2D eigenvalue weighted by Crippen LogP contribution is -2.46. The minimum Gasteiger partial charge on any atom is -0.378 e. The first kappa shape index (κ1) is 31.4. The molecule has 1 aliphatic rings. The summed E-state index contributed by atoms with van der Waals surface area (Å²) in [6, 6.07) is 9.03. The van der Waals surface area contributed by atoms with Crippen LogP contribution in [-0.4, -0.2) is 78.0 Å². The van der Waals surface area contributed by atoms with E-state index in [1.54, 1.807) is 37.6 Å². The van der Waals surface area contributed by atoms with Crippen molar-refractivity contribution in [3.63, 3.8) is 0 Å². The molecular formula is C28H32F4N3O3PS2. The number of thiophene rings is 1. The van der Waals surface area contributed by atoms with E-state index >= 15 is 0 Å². The molecular weight excluding hydrogens is 597 g/mol. The van der Waals surface area contributed by atoms with Crippen LogP contribution in [0.5, 0.6) is 0 Å². The maximum Gasteiger partial charge on any atom is 0.393 e. The van der Waals surface area contributed by atoms with Crippen LogP contribution in [0.1, 0.15) is 16.9 Å². The van der Waals surface area contributed by atoms with E-state index < -0.39 is 41.8 Å². The van der Waals surface area contributed by atoms with Crippen molar-refractivity contribution < 1.29 is 30.5 Å². The van der Waals surface area contributed by atoms with E-state index in [0.29, 0.717) is 34.0 Å². The molecule has 2 heterocycles. The van der Waals surface area contributed by atoms with Crippen LogP contribution in [0.2, 0.25) is 0 Å². The van der Waals surface area contributed by atoms with Gasteiger partial charge in [0, 0.05) is 24.6 Å². The standard InChI is InChI=1S/C28H32F4N3O3PS2/c1-35-14-12-22(21(29)17-35)34-24-8-5-7-19-20(16-28(30,31)32)25(40-27(19)24)9-6-13-33-23-11-10-18(39(2,3)36)15-26(23)41(4,37)38/h5,7-8,10-11,15,21-22,33-34H,12-14,16-17H2,1-4H3/t21-,22+/m1/s1. The number of nitrogens with zero attached hydrogens (tertiary/aromatic N) is 1. The van der Waals surface area contributed by atoms with Gasteiger partial charge in [0.2, 0.25) is 0 Å². The number of nitrogens with one attached hydrogen (secondary N) is 2. The van der Waals surface area contributed by atoms with Crippen LogP contribution in [0.25, 0.3) is 10.1 Å². The van der Waals surface area contributed by atoms with E-state index in [1.807, 2.05) is 11.9 Å². The molecule has 2 atom stereocenters. The Morgan fingerprint density at radius 2 is 1.90 bits per heavy atom. The zero-order valence-corrected chi connectivity index (χ0v) is 25.6. The zero-order chi connectivity index (χ0) is 30.2. The maximum absolute atomic E-state index is 14.7. The van der Waals surface area contributed by atoms with Crippen LogP contribution in [0.3, 0.4) is 0 Å². The Hall–Kier alpha value is -2.58. The molecule has 6 nitrogen and oxygen atoms in total. The molecule has 0 saturated carbocycles. The lowest BCUT2D eigenvalue weighted by molar-refractivity contribution is -0.126. The first-order valence-corrected chi connectivity index (χ1v) is 18.2. The van der Waals surface area contributed by atoms with Crippen molar-refractivity contribution in [1.82, 2.24) is 4.90 Å². The predicted molar refractivity (Wildman–Crippen MR) is 160 cm³/mol. The van der Waals surface area contributed by atoms with Gasteiger partial charge in [-0.05, 0) is 62.0 Å². The molecule has 1 aromatic heterocycles. The summed E-state index contributed by atoms with van der Waals surface area (Å²) in [5.74, 6) is 5.66. The zero-order valence-electron chi connectivity index (χ0n) is 23.1. The van der Waals surface area contributed by atoms with Gasteiger partial charge in [-0.25, -0.2) is 12.8 Å². The number of rotatable bonds is 7. The predicted octanol–water partition coefficient (Wildman–Crippen LogP) is 5.58. The van der Waals surface area contributed by atoms with Crippen LogP contribution >= 0.6 is 18.5 Å². The molecule has 0 radical (unpaired) electrons. The normalized spacial score (nSPS) is 18.6. The summed E-state index contributed by atoms with van der Waals surface area (Å²) in [7, 11) is -4.53. The van der Waals surface area contributed by atoms with Crippen molar-refractivity contribution >= 4 is 55.1 Å². The minimum absolute atomic E-state index is 0.0314. The Bertz CT molecular complexity index is 1660. The second-order valence-corrected chi connectivity index (χ2v) is 16.9. The molecule has 2 aromatic carbocycles. The highest BCUT2D eigenvalue weighted by molar-refractivity contribution is 7.91. The number of anilines is 2. The lowest BCUT2D eigenvalue weighted by Gasteiger charge is -2.33. The number of benzene rings is 2. The Labute approximate surface area is 241 Å². The molecule has 0 amide bonds. The summed E-state index contributed by atoms with van der Waals surface area (Å²) < 4.78 is 93.2. The molecule has 0 spiro atoms. The molecule has 13 heteroatoms. The van der Waals surface area contributed by atoms with E-state index in [-0.39, 0.29) is 34.1 Å². The third-order valence-corrected chi connectivity index (χ3v) is 10.7. The molecule has 1 saturated heterocycles. The second kappa shape index (κ2) is 12.0. The molecule has 41 heavy (non-hydrogen) atoms. The van der Waals surface area contributed by atoms with Gasteiger partial charge in [0.1, 0.15) is 13.3 Å². The fourth-order valence-electron chi connectivity index (χ4n) is 4.74. The highest BCUT2D eigenvalue weighted by Gasteiger charge is 2.32. The van der Waals surface area contributed by atoms with E-state index in [2.05, 4.69) is 22.5 Å². The molecule has 1 aliphatic heterocycles. The van der Waals surface area contributed by atoms with Crippen molar-refractivity contribution in [1.29, 1.82) is 0 Å². The topological polar surface area (TPSA) is 78.5 Å². The largest absolute Gasteiger partial charge is 0.393 e. The van der Waals surface area contributed by atoms with Crippen molar-refractivity contribution in [2.75, 3.05) is 56.9 Å². The third kappa shape index (κ3) is 7.83. The number of sulfone groups is 1. The van der Waals surface area contributed by atoms with Gasteiger partial charge < -0.3 is 20.1 Å². The summed E-state index contributed by atoms with van der Waals surface area (Å²) in [5, 5.41) is 6.97. The smallest absolute Gasteiger partial charge is 0.378 e. The van der Waals surface area contributed by atoms with Crippen molar-refractivity contribution in [2.45, 2.75) is 36.1 Å². The van der Waals surface area contributed by atoms with E-state index in [9.17, 15) is 30.5 Å². The van der Waals surface area contributed by atoms with Crippen molar-refractivity contribution in [2.24, 2.45) is 0 Å². The number of likely N-dealkylation sites (tertiary alicyclic amines) is 1. The molecule has 0 aliphatic carbocycles. The second-order valence-electron chi connectivity index (χ2n) is 10.7. The average Bonchev–Trinajstić information content (AvgIpc) is 3.19. The van der Waals surface area contributed by atoms with Gasteiger partial charge in [-0.2, -0.15) is 13.2 Å². The van der Waals surface area contributed by atoms with Crippen LogP contribution in [-0.2, 0) is 20.8 Å². The summed E-state index contributed by atoms with van der Waals surface area (Å²) in [4.78, 5) is 2.11. The van der Waals surface area contributed by atoms with Crippen LogP contribution in [0, 0.1) is 11.8 Å². The number of halogens is 4. The maximum atomic E-state index is 14.7. The summed E-state index contributed by atoms with van der Waals surface area (Å²) in [6.07, 6.45) is -5.13. The molecule has 2 N–H and O–H groups in total. The highest BCUT2D eigenvalue weighted by Crippen LogP contribution is 2.40. The Morgan fingerprint density at radius 3 is 2.54 bits per heavy atom. The Morgan fingerprint density at radius 1 is 1.17 bits per heavy atom. The molecule has 3 aromatic rings. The van der Waals surface area contributed by atoms with Gasteiger partial charge in [-0.3, -0.25) is 0 Å². The fraction of sp³-hybridized carbons (Fsp3) is 0.429. The Kier molecular flexibility index (Phi) is 9.15. The summed E-state index contributed by atoms with van der Waals surface area (Å²) in [6.45, 7) is 4.03. The quantitative estimate of drug-likeness (QED) is 0.202. The summed E-state index contributed by atoms with van der Waals surface area (Å²) >= 11 is 1.12. The average molecular weight is 630 g/mol. The van der Waals surface area contributed by atoms with Crippen molar-refractivity contribution in [3.05, 3.63) is 46.8 Å². The van der Waals surface area contributed by atoms with Crippen molar-refractivity contribution in [3.8, 4) is 11.8 Å². The van der Waals surface area contributed by atoms with Crippen LogP contribution < -0.4 is 15.9 Å². The van der Waals surface area contributed by atoms with Gasteiger partial charge in [-0.1, -0.05) is 24.0 Å². The van der Waals surface area contributed by atoms with E-state index in [0.717, 1.165) is 17.6 Å². The number of fused-ring (bicyclic) bond motifs is 1. The van der Waals surface area contributed by atoms with Gasteiger partial charge in [0.05, 0.1) is 44.9 Å². The summed E-state index contributed by atoms with van der Waals surface area (Å²) in [5.41, 5.74) is 0.884.